The van der Waals surface area contributed by atoms with Gasteiger partial charge in [-0.05, 0) is 24.1 Å². The van der Waals surface area contributed by atoms with Gasteiger partial charge in [-0.25, -0.2) is 0 Å². The zero-order valence-electron chi connectivity index (χ0n) is 9.14. The highest BCUT2D eigenvalue weighted by Gasteiger charge is 2.11. The molecule has 0 aromatic heterocycles. The zero-order chi connectivity index (χ0) is 12.7. The third kappa shape index (κ3) is 5.06. The van der Waals surface area contributed by atoms with Crippen LogP contribution in [-0.4, -0.2) is 29.5 Å². The van der Waals surface area contributed by atoms with E-state index in [1.54, 1.807) is 24.3 Å². The lowest BCUT2D eigenvalue weighted by Gasteiger charge is -2.08. The van der Waals surface area contributed by atoms with Gasteiger partial charge in [0.2, 0.25) is 0 Å². The number of benzene rings is 1. The fraction of sp³-hybridized carbons (Fsp3) is 0.364. The number of carboxylic acid groups (broad SMARTS) is 1. The molecule has 0 radical (unpaired) electrons. The molecule has 3 N–H and O–H groups in total. The van der Waals surface area contributed by atoms with E-state index in [0.717, 1.165) is 5.56 Å². The molecule has 0 unspecified atom stereocenters. The molecule has 0 heterocycles. The van der Waals surface area contributed by atoms with Crippen LogP contribution in [0.15, 0.2) is 24.3 Å². The third-order valence-electron chi connectivity index (χ3n) is 2.13. The second-order valence-corrected chi connectivity index (χ2v) is 4.08. The van der Waals surface area contributed by atoms with Gasteiger partial charge in [0.05, 0.1) is 12.4 Å². The number of nitrogens with two attached hydrogens (primary N) is 1. The van der Waals surface area contributed by atoms with E-state index in [0.29, 0.717) is 12.4 Å². The maximum Gasteiger partial charge on any atom is 0.320 e. The number of rotatable bonds is 7. The molecule has 1 atom stereocenters. The Bertz CT molecular complexity index is 358. The molecule has 0 aliphatic heterocycles. The van der Waals surface area contributed by atoms with Crippen molar-refractivity contribution >= 4 is 18.1 Å². The lowest BCUT2D eigenvalue weighted by atomic mass is 10.1. The van der Waals surface area contributed by atoms with Crippen LogP contribution in [0, 0.1) is 0 Å². The van der Waals surface area contributed by atoms with Crippen molar-refractivity contribution in [1.29, 1.82) is 0 Å². The summed E-state index contributed by atoms with van der Waals surface area (Å²) in [6.07, 6.45) is 0.274. The van der Waals surface area contributed by atoms with Crippen molar-refractivity contribution in [3.63, 3.8) is 0 Å². The van der Waals surface area contributed by atoms with E-state index in [1.165, 1.54) is 0 Å². The van der Waals surface area contributed by atoms with Gasteiger partial charge in [-0.2, -0.15) is 3.89 Å². The Morgan fingerprint density at radius 3 is 2.65 bits per heavy atom. The molecule has 1 rings (SSSR count). The summed E-state index contributed by atoms with van der Waals surface area (Å²) in [5, 5.41) is 8.65. The first-order chi connectivity index (χ1) is 8.13. The Morgan fingerprint density at radius 2 is 2.12 bits per heavy atom. The van der Waals surface area contributed by atoms with Crippen LogP contribution >= 0.6 is 12.1 Å². The van der Waals surface area contributed by atoms with Crippen LogP contribution in [0.5, 0.6) is 5.75 Å². The first kappa shape index (κ1) is 13.8. The number of aliphatic carboxylic acids is 1. The standard InChI is InChI=1S/C11H14FNO3S/c12-17-6-5-16-9-3-1-8(2-4-9)7-10(13)11(14)15/h1-4,10H,5-7,13H2,(H,14,15)/t10-/m1/s1. The Kier molecular flexibility index (Phi) is 5.79. The fourth-order valence-electron chi connectivity index (χ4n) is 1.25. The third-order valence-corrected chi connectivity index (χ3v) is 2.45. The van der Waals surface area contributed by atoms with Gasteiger partial charge >= 0.3 is 5.97 Å². The molecule has 4 nitrogen and oxygen atoms in total. The molecule has 94 valence electrons. The van der Waals surface area contributed by atoms with Gasteiger partial charge < -0.3 is 15.6 Å². The Morgan fingerprint density at radius 1 is 1.47 bits per heavy atom. The van der Waals surface area contributed by atoms with E-state index in [9.17, 15) is 8.68 Å². The summed E-state index contributed by atoms with van der Waals surface area (Å²) >= 11 is 0.229. The van der Waals surface area contributed by atoms with Crippen molar-refractivity contribution in [2.24, 2.45) is 5.73 Å². The topological polar surface area (TPSA) is 72.5 Å². The van der Waals surface area contributed by atoms with E-state index in [4.69, 9.17) is 15.6 Å². The van der Waals surface area contributed by atoms with Crippen LogP contribution in [0.25, 0.3) is 0 Å². The molecule has 1 aromatic carbocycles. The first-order valence-electron chi connectivity index (χ1n) is 5.07. The van der Waals surface area contributed by atoms with E-state index >= 15 is 0 Å². The molecule has 0 fully saturated rings. The van der Waals surface area contributed by atoms with E-state index in [-0.39, 0.29) is 24.3 Å². The van der Waals surface area contributed by atoms with Gasteiger partial charge in [0.1, 0.15) is 11.8 Å². The number of hydrogen-bond donors (Lipinski definition) is 2. The second-order valence-electron chi connectivity index (χ2n) is 3.45. The van der Waals surface area contributed by atoms with E-state index in [1.807, 2.05) is 0 Å². The molecule has 0 spiro atoms. The SMILES string of the molecule is N[C@H](Cc1ccc(OCCSF)cc1)C(=O)O. The molecular weight excluding hydrogens is 245 g/mol. The number of hydrogen-bond acceptors (Lipinski definition) is 4. The zero-order valence-corrected chi connectivity index (χ0v) is 9.95. The smallest absolute Gasteiger partial charge is 0.320 e. The lowest BCUT2D eigenvalue weighted by molar-refractivity contribution is -0.138. The summed E-state index contributed by atoms with van der Waals surface area (Å²) < 4.78 is 17.0. The highest BCUT2D eigenvalue weighted by Crippen LogP contribution is 2.14. The van der Waals surface area contributed by atoms with Gasteiger partial charge in [0.15, 0.2) is 0 Å². The minimum Gasteiger partial charge on any atom is -0.493 e. The number of ether oxygens (including phenoxy) is 1. The number of carbonyl (C=O) groups is 1. The molecule has 0 aliphatic carbocycles. The molecule has 17 heavy (non-hydrogen) atoms. The highest BCUT2D eigenvalue weighted by molar-refractivity contribution is 7.94. The molecular formula is C11H14FNO3S. The summed E-state index contributed by atoms with van der Waals surface area (Å²) in [5.74, 6) is -0.108. The number of halogens is 1. The van der Waals surface area contributed by atoms with Crippen LogP contribution in [0.3, 0.4) is 0 Å². The summed E-state index contributed by atoms with van der Waals surface area (Å²) in [6.45, 7) is 0.301. The van der Waals surface area contributed by atoms with Crippen molar-refractivity contribution in [3.05, 3.63) is 29.8 Å². The molecule has 0 saturated heterocycles. The minimum absolute atomic E-state index is 0.229. The predicted octanol–water partition coefficient (Wildman–Crippen LogP) is 1.64. The minimum atomic E-state index is -1.02. The normalized spacial score (nSPS) is 12.1. The van der Waals surface area contributed by atoms with Gasteiger partial charge in [-0.15, -0.1) is 0 Å². The van der Waals surface area contributed by atoms with Crippen LogP contribution < -0.4 is 10.5 Å². The highest BCUT2D eigenvalue weighted by atomic mass is 32.2. The van der Waals surface area contributed by atoms with Gasteiger partial charge in [-0.1, -0.05) is 12.1 Å². The molecule has 0 bridgehead atoms. The second kappa shape index (κ2) is 7.13. The Labute approximate surface area is 103 Å². The van der Waals surface area contributed by atoms with Gasteiger partial charge in [-0.3, -0.25) is 4.79 Å². The first-order valence-corrected chi connectivity index (χ1v) is 5.95. The molecule has 1 aromatic rings. The van der Waals surface area contributed by atoms with Crippen molar-refractivity contribution in [1.82, 2.24) is 0 Å². The Hall–Kier alpha value is -1.27. The van der Waals surface area contributed by atoms with Crippen molar-refractivity contribution in [2.45, 2.75) is 12.5 Å². The monoisotopic (exact) mass is 259 g/mol. The predicted molar refractivity (Wildman–Crippen MR) is 64.8 cm³/mol. The average molecular weight is 259 g/mol. The summed E-state index contributed by atoms with van der Waals surface area (Å²) in [5.41, 5.74) is 6.24. The maximum absolute atomic E-state index is 11.7. The summed E-state index contributed by atoms with van der Waals surface area (Å²) in [7, 11) is 0. The number of carboxylic acids is 1. The van der Waals surface area contributed by atoms with Crippen LogP contribution in [0.1, 0.15) is 5.56 Å². The van der Waals surface area contributed by atoms with Crippen LogP contribution in [0.4, 0.5) is 3.89 Å². The average Bonchev–Trinajstić information content (AvgIpc) is 2.31. The van der Waals surface area contributed by atoms with Crippen molar-refractivity contribution < 1.29 is 18.5 Å². The van der Waals surface area contributed by atoms with Gasteiger partial charge in [0.25, 0.3) is 0 Å². The molecule has 0 saturated carbocycles. The van der Waals surface area contributed by atoms with E-state index in [2.05, 4.69) is 0 Å². The van der Waals surface area contributed by atoms with Crippen molar-refractivity contribution in [2.75, 3.05) is 12.4 Å². The van der Waals surface area contributed by atoms with Crippen LogP contribution in [0.2, 0.25) is 0 Å². The fourth-order valence-corrected chi connectivity index (χ4v) is 1.40. The van der Waals surface area contributed by atoms with E-state index < -0.39 is 12.0 Å². The van der Waals surface area contributed by atoms with Crippen molar-refractivity contribution in [3.8, 4) is 5.75 Å². The molecule has 6 heteroatoms. The van der Waals surface area contributed by atoms with Gasteiger partial charge in [0, 0.05) is 12.1 Å². The molecule has 0 amide bonds. The lowest BCUT2D eigenvalue weighted by Crippen LogP contribution is -2.32. The maximum atomic E-state index is 11.7. The largest absolute Gasteiger partial charge is 0.493 e. The van der Waals surface area contributed by atoms with Crippen LogP contribution in [-0.2, 0) is 11.2 Å². The molecule has 0 aliphatic rings. The summed E-state index contributed by atoms with van der Waals surface area (Å²) in [6, 6.07) is 6.03. The quantitative estimate of drug-likeness (QED) is 0.728. The Balaban J connectivity index is 2.47. The summed E-state index contributed by atoms with van der Waals surface area (Å²) in [4.78, 5) is 10.6.